The maximum Gasteiger partial charge on any atom is 0.410 e. The van der Waals surface area contributed by atoms with E-state index in [0.717, 1.165) is 75.7 Å². The van der Waals surface area contributed by atoms with Crippen molar-refractivity contribution in [2.45, 2.75) is 51.7 Å². The van der Waals surface area contributed by atoms with Crippen LogP contribution in [-0.4, -0.2) is 66.2 Å². The number of aldehydes is 1. The fourth-order valence-electron chi connectivity index (χ4n) is 6.63. The van der Waals surface area contributed by atoms with Crippen molar-refractivity contribution in [1.29, 1.82) is 0 Å². The van der Waals surface area contributed by atoms with Crippen LogP contribution in [0.3, 0.4) is 0 Å². The summed E-state index contributed by atoms with van der Waals surface area (Å²) in [6, 6.07) is 19.5. The van der Waals surface area contributed by atoms with Gasteiger partial charge in [0.1, 0.15) is 19.5 Å². The minimum absolute atomic E-state index is 0.202. The molecule has 6 rings (SSSR count). The molecule has 2 aliphatic heterocycles. The van der Waals surface area contributed by atoms with Crippen molar-refractivity contribution in [2.75, 3.05) is 32.8 Å². The third-order valence-electron chi connectivity index (χ3n) is 9.49. The summed E-state index contributed by atoms with van der Waals surface area (Å²) in [5, 5.41) is 9.14. The molecule has 42 heavy (non-hydrogen) atoms. The Balaban J connectivity index is 0.000000168. The predicted octanol–water partition coefficient (Wildman–Crippen LogP) is 5.53. The van der Waals surface area contributed by atoms with Gasteiger partial charge in [-0.1, -0.05) is 60.7 Å². The summed E-state index contributed by atoms with van der Waals surface area (Å²) >= 11 is 0. The molecule has 2 saturated carbocycles. The van der Waals surface area contributed by atoms with Gasteiger partial charge in [-0.05, 0) is 79.2 Å². The third kappa shape index (κ3) is 8.34. The van der Waals surface area contributed by atoms with E-state index in [-0.39, 0.29) is 18.1 Å². The van der Waals surface area contributed by atoms with E-state index in [0.29, 0.717) is 49.4 Å². The van der Waals surface area contributed by atoms with Crippen LogP contribution >= 0.6 is 0 Å². The first-order valence-corrected chi connectivity index (χ1v) is 15.5. The Morgan fingerprint density at radius 3 is 1.55 bits per heavy atom. The number of hydrogen-bond donors (Lipinski definition) is 1. The summed E-state index contributed by atoms with van der Waals surface area (Å²) in [6.45, 7) is 4.06. The zero-order chi connectivity index (χ0) is 29.3. The summed E-state index contributed by atoms with van der Waals surface area (Å²) in [4.78, 5) is 38.4. The Hall–Kier alpha value is -3.39. The smallest absolute Gasteiger partial charge is 0.410 e. The van der Waals surface area contributed by atoms with Crippen LogP contribution in [0.1, 0.15) is 49.7 Å². The van der Waals surface area contributed by atoms with E-state index in [9.17, 15) is 14.4 Å². The van der Waals surface area contributed by atoms with E-state index in [2.05, 4.69) is 0 Å². The lowest BCUT2D eigenvalue weighted by Crippen LogP contribution is -2.39. The lowest BCUT2D eigenvalue weighted by atomic mass is 9.91. The van der Waals surface area contributed by atoms with Gasteiger partial charge < -0.3 is 29.2 Å². The fraction of sp³-hybridized carbons (Fsp3) is 0.559. The Labute approximate surface area is 249 Å². The molecule has 226 valence electrons. The molecule has 2 heterocycles. The highest BCUT2D eigenvalue weighted by Crippen LogP contribution is 2.48. The lowest BCUT2D eigenvalue weighted by molar-refractivity contribution is -0.109. The van der Waals surface area contributed by atoms with Gasteiger partial charge in [-0.3, -0.25) is 0 Å². The van der Waals surface area contributed by atoms with Gasteiger partial charge in [-0.15, -0.1) is 0 Å². The highest BCUT2D eigenvalue weighted by molar-refractivity contribution is 5.68. The van der Waals surface area contributed by atoms with E-state index < -0.39 is 0 Å². The van der Waals surface area contributed by atoms with Gasteiger partial charge in [0, 0.05) is 38.7 Å². The molecule has 4 atom stereocenters. The van der Waals surface area contributed by atoms with Crippen LogP contribution in [-0.2, 0) is 27.5 Å². The molecule has 2 aromatic rings. The molecule has 8 heteroatoms. The molecule has 8 nitrogen and oxygen atoms in total. The van der Waals surface area contributed by atoms with Gasteiger partial charge in [0.15, 0.2) is 0 Å². The molecule has 2 aliphatic carbocycles. The van der Waals surface area contributed by atoms with Crippen molar-refractivity contribution in [3.63, 3.8) is 0 Å². The Kier molecular flexibility index (Phi) is 10.5. The lowest BCUT2D eigenvalue weighted by Gasteiger charge is -2.31. The van der Waals surface area contributed by atoms with Crippen molar-refractivity contribution in [3.8, 4) is 0 Å². The molecule has 2 aromatic carbocycles. The van der Waals surface area contributed by atoms with E-state index in [4.69, 9.17) is 14.6 Å². The van der Waals surface area contributed by atoms with Crippen molar-refractivity contribution in [1.82, 2.24) is 9.80 Å². The molecule has 0 aromatic heterocycles. The molecular weight excluding hydrogens is 532 g/mol. The van der Waals surface area contributed by atoms with Crippen LogP contribution in [0.4, 0.5) is 9.59 Å². The summed E-state index contributed by atoms with van der Waals surface area (Å²) in [7, 11) is 0. The zero-order valence-corrected chi connectivity index (χ0v) is 24.4. The highest BCUT2D eigenvalue weighted by atomic mass is 16.6. The minimum atomic E-state index is -0.222. The quantitative estimate of drug-likeness (QED) is 0.415. The fourth-order valence-corrected chi connectivity index (χ4v) is 6.63. The van der Waals surface area contributed by atoms with E-state index in [1.54, 1.807) is 4.90 Å². The minimum Gasteiger partial charge on any atom is -0.445 e. The van der Waals surface area contributed by atoms with E-state index >= 15 is 0 Å². The number of rotatable bonds is 8. The van der Waals surface area contributed by atoms with E-state index in [1.165, 1.54) is 6.42 Å². The maximum absolute atomic E-state index is 12.0. The van der Waals surface area contributed by atoms with E-state index in [1.807, 2.05) is 65.6 Å². The van der Waals surface area contributed by atoms with Gasteiger partial charge in [0.25, 0.3) is 0 Å². The van der Waals surface area contributed by atoms with Crippen LogP contribution < -0.4 is 0 Å². The average Bonchev–Trinajstić information content (AvgIpc) is 3.99. The van der Waals surface area contributed by atoms with Crippen molar-refractivity contribution >= 4 is 18.5 Å². The topological polar surface area (TPSA) is 96.4 Å². The number of aliphatic hydroxyl groups is 1. The summed E-state index contributed by atoms with van der Waals surface area (Å²) in [5.74, 6) is 3.36. The largest absolute Gasteiger partial charge is 0.445 e. The number of piperidine rings is 2. The predicted molar refractivity (Wildman–Crippen MR) is 158 cm³/mol. The molecule has 0 spiro atoms. The first-order chi connectivity index (χ1) is 20.6. The van der Waals surface area contributed by atoms with Gasteiger partial charge in [-0.2, -0.15) is 0 Å². The molecule has 0 unspecified atom stereocenters. The molecular formula is C34H44N2O6. The summed E-state index contributed by atoms with van der Waals surface area (Å²) in [5.41, 5.74) is 2.03. The molecule has 2 saturated heterocycles. The van der Waals surface area contributed by atoms with Gasteiger partial charge in [0.2, 0.25) is 0 Å². The van der Waals surface area contributed by atoms with Crippen molar-refractivity contribution < 1.29 is 29.0 Å². The molecule has 2 amide bonds. The Bertz CT molecular complexity index is 1150. The molecule has 1 N–H and O–H groups in total. The number of carbonyl (C=O) groups is 3. The number of aliphatic hydroxyl groups excluding tert-OH is 1. The molecule has 4 fully saturated rings. The molecule has 0 radical (unpaired) electrons. The second kappa shape index (κ2) is 14.7. The SMILES string of the molecule is O=C(OCc1ccccc1)N1CCC([C@H]2C[C@@H]2CO)CC1.O=C[C@H]1C[C@@H]1C1CCN(C(=O)OCc2ccccc2)CC1. The maximum atomic E-state index is 12.0. The standard InChI is InChI=1S/C17H23NO3.C17H21NO3/c2*19-11-15-10-16(15)14-6-8-18(9-7-14)17(20)21-12-13-4-2-1-3-5-13/h1-5,14-16,19H,6-12H2;1-5,11,14-16H,6-10,12H2/t2*15-,16-/m11/s1. The highest BCUT2D eigenvalue weighted by Gasteiger charge is 2.44. The second-order valence-corrected chi connectivity index (χ2v) is 12.3. The number of hydrogen-bond acceptors (Lipinski definition) is 6. The van der Waals surface area contributed by atoms with Crippen LogP contribution in [0.25, 0.3) is 0 Å². The van der Waals surface area contributed by atoms with Crippen molar-refractivity contribution in [2.24, 2.45) is 35.5 Å². The molecule has 0 bridgehead atoms. The summed E-state index contributed by atoms with van der Waals surface area (Å²) in [6.07, 6.45) is 6.96. The third-order valence-corrected chi connectivity index (χ3v) is 9.49. The average molecular weight is 577 g/mol. The number of ether oxygens (including phenoxy) is 2. The first-order valence-electron chi connectivity index (χ1n) is 15.5. The van der Waals surface area contributed by atoms with Crippen LogP contribution in [0.2, 0.25) is 0 Å². The monoisotopic (exact) mass is 576 g/mol. The number of nitrogens with zero attached hydrogens (tertiary/aromatic N) is 2. The van der Waals surface area contributed by atoms with Crippen LogP contribution in [0, 0.1) is 35.5 Å². The first kappa shape index (κ1) is 30.1. The number of amides is 2. The number of benzene rings is 2. The van der Waals surface area contributed by atoms with Gasteiger partial charge >= 0.3 is 12.2 Å². The van der Waals surface area contributed by atoms with Crippen molar-refractivity contribution in [3.05, 3.63) is 71.8 Å². The normalized spacial score (nSPS) is 25.5. The Morgan fingerprint density at radius 1 is 0.714 bits per heavy atom. The number of likely N-dealkylation sites (tertiary alicyclic amines) is 2. The molecule has 4 aliphatic rings. The van der Waals surface area contributed by atoms with Crippen LogP contribution in [0.5, 0.6) is 0 Å². The second-order valence-electron chi connectivity index (χ2n) is 12.3. The number of carbonyl (C=O) groups excluding carboxylic acids is 3. The summed E-state index contributed by atoms with van der Waals surface area (Å²) < 4.78 is 10.7. The van der Waals surface area contributed by atoms with Gasteiger partial charge in [0.05, 0.1) is 0 Å². The Morgan fingerprint density at radius 2 is 1.17 bits per heavy atom. The van der Waals surface area contributed by atoms with Gasteiger partial charge in [-0.25, -0.2) is 9.59 Å². The zero-order valence-electron chi connectivity index (χ0n) is 24.4. The van der Waals surface area contributed by atoms with Crippen LogP contribution in [0.15, 0.2) is 60.7 Å².